The molecule has 0 radical (unpaired) electrons. The van der Waals surface area contributed by atoms with Gasteiger partial charge in [-0.15, -0.1) is 0 Å². The molecule has 0 aliphatic rings. The zero-order valence-corrected chi connectivity index (χ0v) is 10.5. The van der Waals surface area contributed by atoms with E-state index in [1.54, 1.807) is 13.2 Å². The fourth-order valence-corrected chi connectivity index (χ4v) is 1.75. The molecule has 16 heavy (non-hydrogen) atoms. The summed E-state index contributed by atoms with van der Waals surface area (Å²) in [7, 11) is 3.67. The van der Waals surface area contributed by atoms with Crippen molar-refractivity contribution in [1.29, 1.82) is 0 Å². The van der Waals surface area contributed by atoms with Crippen LogP contribution in [0.3, 0.4) is 0 Å². The van der Waals surface area contributed by atoms with Crippen molar-refractivity contribution >= 4 is 0 Å². The summed E-state index contributed by atoms with van der Waals surface area (Å²) in [6.07, 6.45) is 1.13. The molecule has 0 amide bonds. The van der Waals surface area contributed by atoms with Crippen molar-refractivity contribution in [3.05, 3.63) is 23.8 Å². The molecular formula is C13H21NO2. The van der Waals surface area contributed by atoms with Gasteiger partial charge in [0.25, 0.3) is 0 Å². The van der Waals surface area contributed by atoms with Gasteiger partial charge in [-0.2, -0.15) is 0 Å². The Bertz CT molecular complexity index is 339. The summed E-state index contributed by atoms with van der Waals surface area (Å²) in [5.41, 5.74) is 1.16. The van der Waals surface area contributed by atoms with Gasteiger partial charge in [0.05, 0.1) is 7.11 Å². The fourth-order valence-electron chi connectivity index (χ4n) is 1.75. The Balaban J connectivity index is 2.87. The van der Waals surface area contributed by atoms with Crippen LogP contribution >= 0.6 is 0 Å². The van der Waals surface area contributed by atoms with Crippen LogP contribution in [-0.4, -0.2) is 30.7 Å². The third-order valence-corrected chi connectivity index (χ3v) is 2.92. The van der Waals surface area contributed by atoms with Crippen LogP contribution in [0.25, 0.3) is 0 Å². The Hall–Kier alpha value is -1.22. The molecule has 0 spiro atoms. The number of aromatic hydroxyl groups is 1. The third kappa shape index (κ3) is 2.89. The van der Waals surface area contributed by atoms with Gasteiger partial charge in [0, 0.05) is 6.04 Å². The monoisotopic (exact) mass is 223 g/mol. The van der Waals surface area contributed by atoms with Crippen LogP contribution in [0.5, 0.6) is 11.5 Å². The van der Waals surface area contributed by atoms with E-state index in [0.29, 0.717) is 11.8 Å². The minimum atomic E-state index is 0.191. The Morgan fingerprint density at radius 2 is 2.12 bits per heavy atom. The molecule has 3 nitrogen and oxygen atoms in total. The van der Waals surface area contributed by atoms with E-state index in [2.05, 4.69) is 25.8 Å². The number of phenolic OH excluding ortho intramolecular Hbond substituents is 1. The second kappa shape index (κ2) is 5.75. The molecule has 0 saturated heterocycles. The maximum atomic E-state index is 9.52. The number of benzene rings is 1. The van der Waals surface area contributed by atoms with Crippen LogP contribution in [-0.2, 0) is 0 Å². The van der Waals surface area contributed by atoms with Crippen molar-refractivity contribution in [3.63, 3.8) is 0 Å². The normalized spacial score (nSPS) is 12.8. The van der Waals surface area contributed by atoms with Gasteiger partial charge >= 0.3 is 0 Å². The van der Waals surface area contributed by atoms with Gasteiger partial charge < -0.3 is 9.84 Å². The third-order valence-electron chi connectivity index (χ3n) is 2.92. The molecule has 0 heterocycles. The first-order valence-electron chi connectivity index (χ1n) is 5.67. The highest BCUT2D eigenvalue weighted by molar-refractivity contribution is 5.42. The molecule has 0 saturated carbocycles. The highest BCUT2D eigenvalue weighted by atomic mass is 16.5. The number of rotatable bonds is 5. The quantitative estimate of drug-likeness (QED) is 0.833. The van der Waals surface area contributed by atoms with E-state index in [1.807, 2.05) is 12.1 Å². The van der Waals surface area contributed by atoms with Crippen molar-refractivity contribution in [2.75, 3.05) is 20.7 Å². The number of hydrogen-bond acceptors (Lipinski definition) is 3. The largest absolute Gasteiger partial charge is 0.504 e. The standard InChI is InChI=1S/C13H21NO2/c1-5-8-14(3)10(2)11-6-7-12(15)13(9-11)16-4/h6-7,9-10,15H,5,8H2,1-4H3. The lowest BCUT2D eigenvalue weighted by molar-refractivity contribution is 0.261. The number of phenols is 1. The number of methoxy groups -OCH3 is 1. The molecule has 0 aliphatic carbocycles. The van der Waals surface area contributed by atoms with Gasteiger partial charge in [-0.3, -0.25) is 4.90 Å². The highest BCUT2D eigenvalue weighted by Gasteiger charge is 2.12. The Kier molecular flexibility index (Phi) is 4.62. The average Bonchev–Trinajstić information content (AvgIpc) is 2.29. The first-order valence-corrected chi connectivity index (χ1v) is 5.67. The van der Waals surface area contributed by atoms with E-state index in [4.69, 9.17) is 4.74 Å². The summed E-state index contributed by atoms with van der Waals surface area (Å²) in [6, 6.07) is 5.85. The molecule has 3 heteroatoms. The van der Waals surface area contributed by atoms with Crippen LogP contribution in [0, 0.1) is 0 Å². The Labute approximate surface area is 97.7 Å². The minimum Gasteiger partial charge on any atom is -0.504 e. The molecule has 1 aromatic carbocycles. The maximum absolute atomic E-state index is 9.52. The summed E-state index contributed by atoms with van der Waals surface area (Å²) in [6.45, 7) is 5.38. The fraction of sp³-hybridized carbons (Fsp3) is 0.538. The molecule has 0 aromatic heterocycles. The summed E-state index contributed by atoms with van der Waals surface area (Å²) in [5, 5.41) is 9.52. The van der Waals surface area contributed by atoms with Crippen molar-refractivity contribution in [2.24, 2.45) is 0 Å². The Morgan fingerprint density at radius 1 is 1.44 bits per heavy atom. The molecule has 0 aliphatic heterocycles. The number of hydrogen-bond donors (Lipinski definition) is 1. The summed E-state index contributed by atoms with van der Waals surface area (Å²) < 4.78 is 5.11. The average molecular weight is 223 g/mol. The highest BCUT2D eigenvalue weighted by Crippen LogP contribution is 2.30. The molecule has 0 bridgehead atoms. The van der Waals surface area contributed by atoms with Crippen molar-refractivity contribution in [1.82, 2.24) is 4.90 Å². The lowest BCUT2D eigenvalue weighted by Gasteiger charge is -2.24. The van der Waals surface area contributed by atoms with Crippen LogP contribution in [0.2, 0.25) is 0 Å². The van der Waals surface area contributed by atoms with Gasteiger partial charge in [0.15, 0.2) is 11.5 Å². The van der Waals surface area contributed by atoms with Crippen molar-refractivity contribution < 1.29 is 9.84 Å². The molecule has 90 valence electrons. The number of nitrogens with zero attached hydrogens (tertiary/aromatic N) is 1. The minimum absolute atomic E-state index is 0.191. The van der Waals surface area contributed by atoms with Crippen LogP contribution in [0.1, 0.15) is 31.9 Å². The second-order valence-corrected chi connectivity index (χ2v) is 4.09. The zero-order valence-electron chi connectivity index (χ0n) is 10.5. The topological polar surface area (TPSA) is 32.7 Å². The summed E-state index contributed by atoms with van der Waals surface area (Å²) in [4.78, 5) is 2.28. The summed E-state index contributed by atoms with van der Waals surface area (Å²) >= 11 is 0. The predicted molar refractivity (Wildman–Crippen MR) is 66.0 cm³/mol. The molecule has 1 atom stereocenters. The maximum Gasteiger partial charge on any atom is 0.160 e. The predicted octanol–water partition coefficient (Wildman–Crippen LogP) is 2.80. The Morgan fingerprint density at radius 3 is 2.69 bits per heavy atom. The summed E-state index contributed by atoms with van der Waals surface area (Å²) in [5.74, 6) is 0.728. The smallest absolute Gasteiger partial charge is 0.160 e. The molecule has 0 fully saturated rings. The van der Waals surface area contributed by atoms with E-state index < -0.39 is 0 Å². The lowest BCUT2D eigenvalue weighted by Crippen LogP contribution is -2.23. The van der Waals surface area contributed by atoms with Gasteiger partial charge in [0.1, 0.15) is 0 Å². The van der Waals surface area contributed by atoms with E-state index in [0.717, 1.165) is 18.5 Å². The van der Waals surface area contributed by atoms with Gasteiger partial charge in [-0.05, 0) is 44.6 Å². The zero-order chi connectivity index (χ0) is 12.1. The van der Waals surface area contributed by atoms with Crippen molar-refractivity contribution in [2.45, 2.75) is 26.3 Å². The first kappa shape index (κ1) is 12.8. The molecule has 1 aromatic rings. The van der Waals surface area contributed by atoms with Gasteiger partial charge in [0.2, 0.25) is 0 Å². The SMILES string of the molecule is CCCN(C)C(C)c1ccc(O)c(OC)c1. The van der Waals surface area contributed by atoms with Crippen LogP contribution < -0.4 is 4.74 Å². The molecule has 1 rings (SSSR count). The van der Waals surface area contributed by atoms with Gasteiger partial charge in [-0.25, -0.2) is 0 Å². The van der Waals surface area contributed by atoms with E-state index in [1.165, 1.54) is 0 Å². The van der Waals surface area contributed by atoms with E-state index in [-0.39, 0.29) is 5.75 Å². The van der Waals surface area contributed by atoms with Crippen LogP contribution in [0.4, 0.5) is 0 Å². The molecular weight excluding hydrogens is 202 g/mol. The lowest BCUT2D eigenvalue weighted by atomic mass is 10.1. The van der Waals surface area contributed by atoms with Crippen LogP contribution in [0.15, 0.2) is 18.2 Å². The van der Waals surface area contributed by atoms with E-state index in [9.17, 15) is 5.11 Å². The van der Waals surface area contributed by atoms with E-state index >= 15 is 0 Å². The molecule has 1 N–H and O–H groups in total. The van der Waals surface area contributed by atoms with Crippen molar-refractivity contribution in [3.8, 4) is 11.5 Å². The molecule has 1 unspecified atom stereocenters. The first-order chi connectivity index (χ1) is 7.60. The number of ether oxygens (including phenoxy) is 1. The second-order valence-electron chi connectivity index (χ2n) is 4.09. The van der Waals surface area contributed by atoms with Gasteiger partial charge in [-0.1, -0.05) is 13.0 Å².